The minimum Gasteiger partial charge on any atom is -0.381 e. The summed E-state index contributed by atoms with van der Waals surface area (Å²) in [6.07, 6.45) is 0.959. The Balaban J connectivity index is 2.22. The van der Waals surface area contributed by atoms with Crippen molar-refractivity contribution in [2.75, 3.05) is 13.2 Å². The number of aromatic nitrogens is 2. The van der Waals surface area contributed by atoms with Gasteiger partial charge in [0.05, 0.1) is 12.1 Å². The molecule has 0 saturated carbocycles. The first-order valence-corrected chi connectivity index (χ1v) is 4.78. The summed E-state index contributed by atoms with van der Waals surface area (Å²) in [7, 11) is 0. The third-order valence-corrected chi connectivity index (χ3v) is 2.79. The van der Waals surface area contributed by atoms with E-state index in [4.69, 9.17) is 15.0 Å². The van der Waals surface area contributed by atoms with Crippen LogP contribution >= 0.6 is 0 Å². The molecule has 5 nitrogen and oxygen atoms in total. The summed E-state index contributed by atoms with van der Waals surface area (Å²) in [5.74, 6) is 1.40. The highest BCUT2D eigenvalue weighted by Crippen LogP contribution is 2.30. The minimum atomic E-state index is -0.547. The summed E-state index contributed by atoms with van der Waals surface area (Å²) in [5, 5.41) is 3.87. The number of ether oxygens (including phenoxy) is 1. The second-order valence-electron chi connectivity index (χ2n) is 3.98. The molecule has 0 bridgehead atoms. The Labute approximate surface area is 82.6 Å². The Morgan fingerprint density at radius 3 is 2.86 bits per heavy atom. The zero-order valence-electron chi connectivity index (χ0n) is 8.49. The average Bonchev–Trinajstić information content (AvgIpc) is 2.72. The second kappa shape index (κ2) is 3.33. The monoisotopic (exact) mass is 197 g/mol. The maximum Gasteiger partial charge on any atom is 0.223 e. The maximum absolute atomic E-state index is 6.19. The van der Waals surface area contributed by atoms with Crippen molar-refractivity contribution in [1.82, 2.24) is 10.1 Å². The Morgan fingerprint density at radius 1 is 1.57 bits per heavy atom. The first kappa shape index (κ1) is 9.61. The van der Waals surface area contributed by atoms with Crippen molar-refractivity contribution in [2.24, 2.45) is 11.7 Å². The molecule has 2 heterocycles. The summed E-state index contributed by atoms with van der Waals surface area (Å²) in [4.78, 5) is 4.17. The molecule has 14 heavy (non-hydrogen) atoms. The van der Waals surface area contributed by atoms with Crippen molar-refractivity contribution in [1.29, 1.82) is 0 Å². The van der Waals surface area contributed by atoms with Gasteiger partial charge in [-0.25, -0.2) is 0 Å². The topological polar surface area (TPSA) is 74.2 Å². The molecular formula is C9H15N3O2. The molecule has 1 fully saturated rings. The van der Waals surface area contributed by atoms with Gasteiger partial charge in [0, 0.05) is 19.4 Å². The molecule has 0 spiro atoms. The number of hydrogen-bond acceptors (Lipinski definition) is 5. The SMILES string of the molecule is Cc1nc(C(C)(N)C2CCOC2)no1. The lowest BCUT2D eigenvalue weighted by atomic mass is 9.85. The van der Waals surface area contributed by atoms with Gasteiger partial charge in [-0.15, -0.1) is 0 Å². The highest BCUT2D eigenvalue weighted by atomic mass is 16.5. The van der Waals surface area contributed by atoms with Crippen LogP contribution in [0.25, 0.3) is 0 Å². The molecule has 0 radical (unpaired) electrons. The van der Waals surface area contributed by atoms with Gasteiger partial charge in [-0.3, -0.25) is 0 Å². The van der Waals surface area contributed by atoms with Gasteiger partial charge in [0.15, 0.2) is 5.82 Å². The molecule has 2 atom stereocenters. The summed E-state index contributed by atoms with van der Waals surface area (Å²) in [6.45, 7) is 5.14. The summed E-state index contributed by atoms with van der Waals surface area (Å²) in [6, 6.07) is 0. The van der Waals surface area contributed by atoms with Gasteiger partial charge in [-0.05, 0) is 13.3 Å². The molecule has 0 aromatic carbocycles. The van der Waals surface area contributed by atoms with Gasteiger partial charge in [0.25, 0.3) is 0 Å². The number of aryl methyl sites for hydroxylation is 1. The second-order valence-corrected chi connectivity index (χ2v) is 3.98. The predicted octanol–water partition coefficient (Wildman–Crippen LogP) is 0.588. The highest BCUT2D eigenvalue weighted by Gasteiger charge is 2.38. The molecule has 2 unspecified atom stereocenters. The zero-order chi connectivity index (χ0) is 10.2. The first-order chi connectivity index (χ1) is 6.60. The van der Waals surface area contributed by atoms with Gasteiger partial charge in [-0.2, -0.15) is 4.98 Å². The lowest BCUT2D eigenvalue weighted by Gasteiger charge is -2.26. The van der Waals surface area contributed by atoms with Gasteiger partial charge in [-0.1, -0.05) is 5.16 Å². The van der Waals surface area contributed by atoms with Gasteiger partial charge >= 0.3 is 0 Å². The van der Waals surface area contributed by atoms with Gasteiger partial charge in [0.1, 0.15) is 0 Å². The van der Waals surface area contributed by atoms with Crippen molar-refractivity contribution < 1.29 is 9.26 Å². The summed E-state index contributed by atoms with van der Waals surface area (Å²) >= 11 is 0. The maximum atomic E-state index is 6.19. The molecule has 0 amide bonds. The Bertz CT molecular complexity index is 316. The van der Waals surface area contributed by atoms with Crippen LogP contribution in [0.3, 0.4) is 0 Å². The van der Waals surface area contributed by atoms with E-state index in [1.807, 2.05) is 6.92 Å². The fourth-order valence-electron chi connectivity index (χ4n) is 1.71. The minimum absolute atomic E-state index is 0.277. The lowest BCUT2D eigenvalue weighted by molar-refractivity contribution is 0.163. The van der Waals surface area contributed by atoms with E-state index in [0.717, 1.165) is 13.0 Å². The summed E-state index contributed by atoms with van der Waals surface area (Å²) in [5.41, 5.74) is 5.64. The van der Waals surface area contributed by atoms with Crippen LogP contribution in [0, 0.1) is 12.8 Å². The standard InChI is InChI=1S/C9H15N3O2/c1-6-11-8(12-14-6)9(2,10)7-3-4-13-5-7/h7H,3-5,10H2,1-2H3. The summed E-state index contributed by atoms with van der Waals surface area (Å²) < 4.78 is 10.2. The third kappa shape index (κ3) is 1.53. The molecule has 78 valence electrons. The van der Waals surface area contributed by atoms with Crippen LogP contribution < -0.4 is 5.73 Å². The number of nitrogens with two attached hydrogens (primary N) is 1. The fourth-order valence-corrected chi connectivity index (χ4v) is 1.71. The van der Waals surface area contributed by atoms with E-state index in [-0.39, 0.29) is 5.92 Å². The third-order valence-electron chi connectivity index (χ3n) is 2.79. The molecule has 1 saturated heterocycles. The highest BCUT2D eigenvalue weighted by molar-refractivity contribution is 5.05. The van der Waals surface area contributed by atoms with E-state index in [2.05, 4.69) is 10.1 Å². The van der Waals surface area contributed by atoms with E-state index in [9.17, 15) is 0 Å². The number of nitrogens with zero attached hydrogens (tertiary/aromatic N) is 2. The van der Waals surface area contributed by atoms with Crippen molar-refractivity contribution in [2.45, 2.75) is 25.8 Å². The Kier molecular flexibility index (Phi) is 2.28. The molecule has 1 aliphatic heterocycles. The fraction of sp³-hybridized carbons (Fsp3) is 0.778. The molecule has 5 heteroatoms. The van der Waals surface area contributed by atoms with E-state index in [1.165, 1.54) is 0 Å². The van der Waals surface area contributed by atoms with Crippen molar-refractivity contribution in [3.63, 3.8) is 0 Å². The van der Waals surface area contributed by atoms with Crippen LogP contribution in [-0.2, 0) is 10.3 Å². The molecule has 1 aliphatic rings. The molecule has 2 rings (SSSR count). The van der Waals surface area contributed by atoms with Crippen LogP contribution in [0.2, 0.25) is 0 Å². The van der Waals surface area contributed by atoms with Crippen LogP contribution in [0.4, 0.5) is 0 Å². The Hall–Kier alpha value is -0.940. The van der Waals surface area contributed by atoms with E-state index < -0.39 is 5.54 Å². The molecule has 1 aromatic heterocycles. The number of hydrogen-bond donors (Lipinski definition) is 1. The quantitative estimate of drug-likeness (QED) is 0.751. The number of rotatable bonds is 2. The molecule has 1 aromatic rings. The van der Waals surface area contributed by atoms with E-state index in [0.29, 0.717) is 18.3 Å². The largest absolute Gasteiger partial charge is 0.381 e. The van der Waals surface area contributed by atoms with E-state index >= 15 is 0 Å². The van der Waals surface area contributed by atoms with Crippen LogP contribution in [0.1, 0.15) is 25.1 Å². The van der Waals surface area contributed by atoms with Crippen LogP contribution in [-0.4, -0.2) is 23.4 Å². The van der Waals surface area contributed by atoms with Crippen molar-refractivity contribution in [3.05, 3.63) is 11.7 Å². The smallest absolute Gasteiger partial charge is 0.223 e. The van der Waals surface area contributed by atoms with Gasteiger partial charge < -0.3 is 15.0 Å². The van der Waals surface area contributed by atoms with Crippen LogP contribution in [0.5, 0.6) is 0 Å². The normalized spacial score (nSPS) is 26.4. The van der Waals surface area contributed by atoms with Crippen LogP contribution in [0.15, 0.2) is 4.52 Å². The Morgan fingerprint density at radius 2 is 2.36 bits per heavy atom. The van der Waals surface area contributed by atoms with Crippen molar-refractivity contribution in [3.8, 4) is 0 Å². The zero-order valence-corrected chi connectivity index (χ0v) is 8.49. The average molecular weight is 197 g/mol. The molecular weight excluding hydrogens is 182 g/mol. The lowest BCUT2D eigenvalue weighted by Crippen LogP contribution is -2.42. The predicted molar refractivity (Wildman–Crippen MR) is 49.5 cm³/mol. The van der Waals surface area contributed by atoms with E-state index in [1.54, 1.807) is 6.92 Å². The first-order valence-electron chi connectivity index (χ1n) is 4.78. The molecule has 0 aliphatic carbocycles. The molecule has 2 N–H and O–H groups in total. The van der Waals surface area contributed by atoms with Crippen molar-refractivity contribution >= 4 is 0 Å². The van der Waals surface area contributed by atoms with Gasteiger partial charge in [0.2, 0.25) is 5.89 Å².